The molecule has 6 heteroatoms. The fraction of sp³-hybridized carbons (Fsp3) is 0.607. The summed E-state index contributed by atoms with van der Waals surface area (Å²) in [4.78, 5) is 28.6. The van der Waals surface area contributed by atoms with Gasteiger partial charge in [-0.3, -0.25) is 9.59 Å². The van der Waals surface area contributed by atoms with Gasteiger partial charge in [0.2, 0.25) is 11.8 Å². The van der Waals surface area contributed by atoms with Crippen LogP contribution in [0.4, 0.5) is 5.69 Å². The van der Waals surface area contributed by atoms with Gasteiger partial charge in [-0.25, -0.2) is 0 Å². The van der Waals surface area contributed by atoms with Crippen molar-refractivity contribution in [2.24, 2.45) is 34.5 Å². The van der Waals surface area contributed by atoms with E-state index < -0.39 is 5.92 Å². The average Bonchev–Trinajstić information content (AvgIpc) is 3.19. The van der Waals surface area contributed by atoms with Gasteiger partial charge in [0.05, 0.1) is 22.3 Å². The molecule has 0 bridgehead atoms. The summed E-state index contributed by atoms with van der Waals surface area (Å²) in [5, 5.41) is 12.3. The van der Waals surface area contributed by atoms with Gasteiger partial charge in [0.25, 0.3) is 0 Å². The first-order valence-electron chi connectivity index (χ1n) is 12.6. The second kappa shape index (κ2) is 8.12. The lowest BCUT2D eigenvalue weighted by molar-refractivity contribution is -0.147. The van der Waals surface area contributed by atoms with Gasteiger partial charge >= 0.3 is 0 Å². The van der Waals surface area contributed by atoms with E-state index in [0.29, 0.717) is 39.9 Å². The van der Waals surface area contributed by atoms with E-state index in [9.17, 15) is 9.59 Å². The number of nitriles is 1. The van der Waals surface area contributed by atoms with Crippen LogP contribution in [0.15, 0.2) is 29.5 Å². The number of likely N-dealkylation sites (tertiary alicyclic amines) is 1. The lowest BCUT2D eigenvalue weighted by Gasteiger charge is -2.59. The molecule has 3 fully saturated rings. The second-order valence-electron chi connectivity index (χ2n) is 11.7. The predicted octanol–water partition coefficient (Wildman–Crippen LogP) is 6.15. The van der Waals surface area contributed by atoms with Crippen LogP contribution in [0.2, 0.25) is 5.02 Å². The summed E-state index contributed by atoms with van der Waals surface area (Å²) in [6.07, 6.45) is 8.00. The van der Waals surface area contributed by atoms with Crippen molar-refractivity contribution < 1.29 is 9.59 Å². The number of piperidine rings is 1. The van der Waals surface area contributed by atoms with Crippen LogP contribution in [0, 0.1) is 45.8 Å². The Hall–Kier alpha value is -2.32. The molecule has 1 N–H and O–H groups in total. The largest absolute Gasteiger partial charge is 0.324 e. The van der Waals surface area contributed by atoms with Crippen LogP contribution in [0.25, 0.3) is 0 Å². The summed E-state index contributed by atoms with van der Waals surface area (Å²) < 4.78 is 0. The highest BCUT2D eigenvalue weighted by molar-refractivity contribution is 6.34. The van der Waals surface area contributed by atoms with Gasteiger partial charge in [0.15, 0.2) is 0 Å². The van der Waals surface area contributed by atoms with Crippen LogP contribution in [0.3, 0.4) is 0 Å². The monoisotopic (exact) mass is 479 g/mol. The highest BCUT2D eigenvalue weighted by Gasteiger charge is 2.60. The number of hydrogen-bond acceptors (Lipinski definition) is 3. The topological polar surface area (TPSA) is 73.2 Å². The molecule has 2 saturated carbocycles. The minimum Gasteiger partial charge on any atom is -0.324 e. The quantitative estimate of drug-likeness (QED) is 0.517. The summed E-state index contributed by atoms with van der Waals surface area (Å²) in [6.45, 7) is 7.00. The molecule has 180 valence electrons. The Balaban J connectivity index is 1.46. The molecule has 0 spiro atoms. The van der Waals surface area contributed by atoms with Crippen molar-refractivity contribution in [3.05, 3.63) is 40.1 Å². The van der Waals surface area contributed by atoms with Gasteiger partial charge in [-0.1, -0.05) is 37.4 Å². The van der Waals surface area contributed by atoms with E-state index in [1.807, 2.05) is 13.1 Å². The molecule has 1 unspecified atom stereocenters. The number of carbonyl (C=O) groups excluding carboxylic acids is 2. The van der Waals surface area contributed by atoms with Crippen LogP contribution >= 0.6 is 11.6 Å². The van der Waals surface area contributed by atoms with Crippen molar-refractivity contribution in [2.45, 2.75) is 65.7 Å². The maximum Gasteiger partial charge on any atom is 0.239 e. The number of allylic oxidation sites excluding steroid dienone is 2. The molecule has 0 aromatic heterocycles. The van der Waals surface area contributed by atoms with Crippen LogP contribution in [-0.2, 0) is 9.59 Å². The minimum atomic E-state index is -0.756. The lowest BCUT2D eigenvalue weighted by Crippen LogP contribution is -2.57. The highest BCUT2D eigenvalue weighted by Crippen LogP contribution is 2.65. The fourth-order valence-corrected chi connectivity index (χ4v) is 8.58. The van der Waals surface area contributed by atoms with Gasteiger partial charge in [-0.05, 0) is 86.8 Å². The zero-order chi connectivity index (χ0) is 24.4. The molecule has 5 nitrogen and oxygen atoms in total. The molecule has 3 aliphatic carbocycles. The van der Waals surface area contributed by atoms with E-state index in [2.05, 4.69) is 26.1 Å². The van der Waals surface area contributed by atoms with Crippen LogP contribution in [-0.4, -0.2) is 23.8 Å². The number of nitrogens with zero attached hydrogens (tertiary/aromatic N) is 2. The van der Waals surface area contributed by atoms with Crippen molar-refractivity contribution in [2.75, 3.05) is 12.4 Å². The number of rotatable bonds is 2. The molecule has 6 atom stereocenters. The summed E-state index contributed by atoms with van der Waals surface area (Å²) in [7, 11) is 1.84. The fourth-order valence-electron chi connectivity index (χ4n) is 8.35. The lowest BCUT2D eigenvalue weighted by atomic mass is 9.48. The molecule has 5 rings (SSSR count). The first-order valence-corrected chi connectivity index (χ1v) is 12.9. The molecule has 1 aromatic carbocycles. The van der Waals surface area contributed by atoms with Crippen molar-refractivity contribution in [3.8, 4) is 6.07 Å². The molecular weight excluding hydrogens is 446 g/mol. The van der Waals surface area contributed by atoms with Gasteiger partial charge in [-0.2, -0.15) is 5.26 Å². The average molecular weight is 480 g/mol. The van der Waals surface area contributed by atoms with Crippen LogP contribution in [0.5, 0.6) is 0 Å². The zero-order valence-corrected chi connectivity index (χ0v) is 21.3. The number of nitrogens with one attached hydrogen (secondary N) is 1. The number of fused-ring (bicyclic) bond motifs is 5. The molecule has 1 aliphatic heterocycles. The number of carbonyl (C=O) groups is 2. The van der Waals surface area contributed by atoms with Gasteiger partial charge in [0, 0.05) is 18.2 Å². The Labute approximate surface area is 207 Å². The van der Waals surface area contributed by atoms with Gasteiger partial charge in [-0.15, -0.1) is 0 Å². The summed E-state index contributed by atoms with van der Waals surface area (Å²) in [6, 6.07) is 6.83. The number of amides is 2. The Morgan fingerprint density at radius 3 is 2.71 bits per heavy atom. The second-order valence-corrected chi connectivity index (χ2v) is 12.1. The number of hydrogen-bond donors (Lipinski definition) is 1. The van der Waals surface area contributed by atoms with E-state index in [-0.39, 0.29) is 17.2 Å². The van der Waals surface area contributed by atoms with E-state index in [1.54, 1.807) is 17.0 Å². The Morgan fingerprint density at radius 1 is 1.24 bits per heavy atom. The molecule has 1 aromatic rings. The highest BCUT2D eigenvalue weighted by atomic mass is 35.5. The summed E-state index contributed by atoms with van der Waals surface area (Å²) in [5.41, 5.74) is 3.60. The molecule has 34 heavy (non-hydrogen) atoms. The summed E-state index contributed by atoms with van der Waals surface area (Å²) in [5.74, 6) is 0.653. The third-order valence-corrected chi connectivity index (χ3v) is 10.1. The smallest absolute Gasteiger partial charge is 0.239 e. The maximum absolute atomic E-state index is 13.4. The molecule has 1 saturated heterocycles. The third kappa shape index (κ3) is 3.40. The first-order chi connectivity index (χ1) is 16.1. The van der Waals surface area contributed by atoms with E-state index in [1.165, 1.54) is 43.7 Å². The summed E-state index contributed by atoms with van der Waals surface area (Å²) >= 11 is 6.30. The van der Waals surface area contributed by atoms with E-state index in [0.717, 1.165) is 18.0 Å². The molecule has 4 aliphatic rings. The normalized spacial score (nSPS) is 36.9. The van der Waals surface area contributed by atoms with E-state index in [4.69, 9.17) is 16.9 Å². The molecule has 1 heterocycles. The number of anilines is 1. The number of halogens is 1. The SMILES string of the molecule is CC1=C2N(C)C(=O)C(C(=O)Nc3ccc(C#N)cc3Cl)C[C@]2(C)[C@@H]2CC[C@]3(C)CCC[C@H]3[C@@H]2C1. The Bertz CT molecular complexity index is 1140. The van der Waals surface area contributed by atoms with Gasteiger partial charge < -0.3 is 10.2 Å². The maximum atomic E-state index is 13.4. The van der Waals surface area contributed by atoms with E-state index >= 15 is 0 Å². The third-order valence-electron chi connectivity index (χ3n) is 9.79. The Kier molecular flexibility index (Phi) is 5.60. The number of benzene rings is 1. The molecule has 2 amide bonds. The molecule has 0 radical (unpaired) electrons. The van der Waals surface area contributed by atoms with Crippen LogP contribution in [0.1, 0.15) is 71.3 Å². The predicted molar refractivity (Wildman–Crippen MR) is 133 cm³/mol. The van der Waals surface area contributed by atoms with Crippen molar-refractivity contribution in [1.29, 1.82) is 5.26 Å². The molecular formula is C28H34ClN3O2. The van der Waals surface area contributed by atoms with Gasteiger partial charge in [0.1, 0.15) is 5.92 Å². The van der Waals surface area contributed by atoms with Crippen LogP contribution < -0.4 is 5.32 Å². The minimum absolute atomic E-state index is 0.144. The van der Waals surface area contributed by atoms with Crippen molar-refractivity contribution >= 4 is 29.1 Å². The zero-order valence-electron chi connectivity index (χ0n) is 20.6. The van der Waals surface area contributed by atoms with Crippen molar-refractivity contribution in [1.82, 2.24) is 4.90 Å². The first kappa shape index (κ1) is 23.4. The Morgan fingerprint density at radius 2 is 2.00 bits per heavy atom. The standard InChI is InChI=1S/C28H34ClN3O2/c1-16-12-18-20-6-5-10-27(20,2)11-9-21(18)28(3)14-19(26(34)32(4)24(16)28)25(33)31-23-8-7-17(15-30)13-22(23)29/h7-8,13,18-21H,5-6,9-12,14H2,1-4H3,(H,31,33)/t18-,19?,20-,21+,27-,28+/m0/s1. The van der Waals surface area contributed by atoms with Crippen molar-refractivity contribution in [3.63, 3.8) is 0 Å².